The van der Waals surface area contributed by atoms with Gasteiger partial charge in [0.15, 0.2) is 0 Å². The zero-order valence-electron chi connectivity index (χ0n) is 14.3. The van der Waals surface area contributed by atoms with Crippen LogP contribution in [0.15, 0.2) is 23.8 Å². The number of aliphatic hydroxyl groups is 1. The van der Waals surface area contributed by atoms with E-state index in [1.807, 2.05) is 0 Å². The molecule has 0 saturated heterocycles. The highest BCUT2D eigenvalue weighted by Gasteiger charge is 2.29. The zero-order valence-corrected chi connectivity index (χ0v) is 14.3. The predicted octanol–water partition coefficient (Wildman–Crippen LogP) is 4.57. The maximum atomic E-state index is 10.5. The van der Waals surface area contributed by atoms with E-state index >= 15 is 0 Å². The quantitative estimate of drug-likeness (QED) is 0.614. The Hall–Kier alpha value is -1.09. The molecular formula is C19H32O3. The van der Waals surface area contributed by atoms with E-state index in [9.17, 15) is 9.90 Å². The summed E-state index contributed by atoms with van der Waals surface area (Å²) in [6.07, 6.45) is 12.2. The third kappa shape index (κ3) is 5.96. The fraction of sp³-hybridized carbons (Fsp3) is 0.737. The van der Waals surface area contributed by atoms with E-state index < -0.39 is 12.1 Å². The van der Waals surface area contributed by atoms with Crippen molar-refractivity contribution < 1.29 is 15.0 Å². The van der Waals surface area contributed by atoms with Crippen molar-refractivity contribution >= 4 is 5.97 Å². The first kappa shape index (κ1) is 19.0. The lowest BCUT2D eigenvalue weighted by Crippen LogP contribution is -2.25. The lowest BCUT2D eigenvalue weighted by molar-refractivity contribution is -0.139. The van der Waals surface area contributed by atoms with Crippen LogP contribution in [0.2, 0.25) is 0 Å². The first-order valence-corrected chi connectivity index (χ1v) is 8.73. The van der Waals surface area contributed by atoms with Crippen LogP contribution in [-0.2, 0) is 4.79 Å². The Morgan fingerprint density at radius 1 is 1.36 bits per heavy atom. The minimum Gasteiger partial charge on any atom is -0.481 e. The number of carbonyl (C=O) groups is 1. The third-order valence-electron chi connectivity index (χ3n) is 4.88. The molecule has 0 aliphatic heterocycles. The van der Waals surface area contributed by atoms with Crippen molar-refractivity contribution in [2.24, 2.45) is 17.8 Å². The average molecular weight is 308 g/mol. The highest BCUT2D eigenvalue weighted by Crippen LogP contribution is 2.39. The van der Waals surface area contributed by atoms with Crippen molar-refractivity contribution in [3.8, 4) is 0 Å². The molecule has 0 fully saturated rings. The summed E-state index contributed by atoms with van der Waals surface area (Å²) in [4.78, 5) is 10.5. The van der Waals surface area contributed by atoms with E-state index in [1.54, 1.807) is 0 Å². The molecule has 0 aromatic carbocycles. The number of aliphatic carboxylic acids is 1. The summed E-state index contributed by atoms with van der Waals surface area (Å²) in [6.45, 7) is 6.67. The second kappa shape index (κ2) is 9.83. The molecule has 0 bridgehead atoms. The molecule has 1 rings (SSSR count). The van der Waals surface area contributed by atoms with Gasteiger partial charge in [0.25, 0.3) is 0 Å². The van der Waals surface area contributed by atoms with Gasteiger partial charge in [-0.3, -0.25) is 4.79 Å². The molecule has 0 aromatic rings. The Labute approximate surface area is 135 Å². The van der Waals surface area contributed by atoms with Crippen molar-refractivity contribution in [1.82, 2.24) is 0 Å². The van der Waals surface area contributed by atoms with Crippen molar-refractivity contribution in [2.45, 2.75) is 71.8 Å². The van der Waals surface area contributed by atoms with Gasteiger partial charge in [0.2, 0.25) is 0 Å². The second-order valence-corrected chi connectivity index (χ2v) is 6.60. The lowest BCUT2D eigenvalue weighted by Gasteiger charge is -2.35. The van der Waals surface area contributed by atoms with Crippen molar-refractivity contribution in [1.29, 1.82) is 0 Å². The second-order valence-electron chi connectivity index (χ2n) is 6.60. The topological polar surface area (TPSA) is 57.5 Å². The van der Waals surface area contributed by atoms with Crippen LogP contribution in [0.25, 0.3) is 0 Å². The number of rotatable bonds is 9. The van der Waals surface area contributed by atoms with E-state index in [2.05, 4.69) is 39.0 Å². The van der Waals surface area contributed by atoms with E-state index in [1.165, 1.54) is 18.4 Å². The van der Waals surface area contributed by atoms with Crippen LogP contribution < -0.4 is 0 Å². The fourth-order valence-corrected chi connectivity index (χ4v) is 3.67. The van der Waals surface area contributed by atoms with Crippen LogP contribution in [-0.4, -0.2) is 22.3 Å². The summed E-state index contributed by atoms with van der Waals surface area (Å²) in [5, 5.41) is 18.3. The number of hydrogen-bond donors (Lipinski definition) is 2. The van der Waals surface area contributed by atoms with Gasteiger partial charge in [0, 0.05) is 0 Å². The maximum Gasteiger partial charge on any atom is 0.305 e. The van der Waals surface area contributed by atoms with Gasteiger partial charge in [-0.25, -0.2) is 0 Å². The molecule has 0 heterocycles. The largest absolute Gasteiger partial charge is 0.481 e. The van der Waals surface area contributed by atoms with E-state index in [4.69, 9.17) is 5.11 Å². The third-order valence-corrected chi connectivity index (χ3v) is 4.88. The number of hydrogen-bond acceptors (Lipinski definition) is 2. The van der Waals surface area contributed by atoms with Crippen molar-refractivity contribution in [2.75, 3.05) is 0 Å². The Balaban J connectivity index is 2.47. The van der Waals surface area contributed by atoms with Gasteiger partial charge >= 0.3 is 5.97 Å². The number of carboxylic acid groups (broad SMARTS) is 1. The van der Waals surface area contributed by atoms with Gasteiger partial charge in [0.05, 0.1) is 12.5 Å². The molecule has 0 radical (unpaired) electrons. The van der Waals surface area contributed by atoms with Crippen molar-refractivity contribution in [3.63, 3.8) is 0 Å². The summed E-state index contributed by atoms with van der Waals surface area (Å²) in [5.41, 5.74) is 1.47. The lowest BCUT2D eigenvalue weighted by atomic mass is 9.70. The first-order valence-electron chi connectivity index (χ1n) is 8.73. The normalized spacial score (nSPS) is 28.0. The van der Waals surface area contributed by atoms with E-state index in [0.29, 0.717) is 24.2 Å². The van der Waals surface area contributed by atoms with Crippen molar-refractivity contribution in [3.05, 3.63) is 23.8 Å². The molecule has 126 valence electrons. The number of allylic oxidation sites excluding steroid dienone is 4. The molecule has 3 heteroatoms. The first-order chi connectivity index (χ1) is 10.5. The molecule has 4 atom stereocenters. The summed E-state index contributed by atoms with van der Waals surface area (Å²) in [5.74, 6) is 1.01. The Morgan fingerprint density at radius 3 is 2.68 bits per heavy atom. The predicted molar refractivity (Wildman–Crippen MR) is 90.7 cm³/mol. The highest BCUT2D eigenvalue weighted by atomic mass is 16.4. The molecule has 0 spiro atoms. The highest BCUT2D eigenvalue weighted by molar-refractivity contribution is 5.67. The molecule has 22 heavy (non-hydrogen) atoms. The van der Waals surface area contributed by atoms with Crippen LogP contribution in [0.4, 0.5) is 0 Å². The van der Waals surface area contributed by atoms with E-state index in [0.717, 1.165) is 19.3 Å². The van der Waals surface area contributed by atoms with Crippen LogP contribution >= 0.6 is 0 Å². The van der Waals surface area contributed by atoms with Gasteiger partial charge in [-0.05, 0) is 49.5 Å². The molecule has 1 aliphatic rings. The average Bonchev–Trinajstić information content (AvgIpc) is 2.45. The monoisotopic (exact) mass is 308 g/mol. The summed E-state index contributed by atoms with van der Waals surface area (Å²) < 4.78 is 0. The Bertz CT molecular complexity index is 397. The molecule has 0 saturated carbocycles. The van der Waals surface area contributed by atoms with Gasteiger partial charge in [-0.2, -0.15) is 0 Å². The summed E-state index contributed by atoms with van der Waals surface area (Å²) >= 11 is 0. The molecule has 1 aliphatic carbocycles. The van der Waals surface area contributed by atoms with Gasteiger partial charge in [0.1, 0.15) is 0 Å². The molecule has 0 aromatic heterocycles. The van der Waals surface area contributed by atoms with Crippen LogP contribution in [0, 0.1) is 17.8 Å². The van der Waals surface area contributed by atoms with Crippen LogP contribution in [0.3, 0.4) is 0 Å². The molecule has 3 nitrogen and oxygen atoms in total. The Morgan fingerprint density at radius 2 is 2.09 bits per heavy atom. The smallest absolute Gasteiger partial charge is 0.305 e. The molecule has 4 unspecified atom stereocenters. The van der Waals surface area contributed by atoms with Crippen LogP contribution in [0.1, 0.15) is 65.7 Å². The Kier molecular flexibility index (Phi) is 8.47. The number of unbranched alkanes of at least 4 members (excludes halogenated alkanes) is 1. The summed E-state index contributed by atoms with van der Waals surface area (Å²) in [6, 6.07) is 0. The fourth-order valence-electron chi connectivity index (χ4n) is 3.67. The molecular weight excluding hydrogens is 276 g/mol. The standard InChI is InChI=1S/C19H32O3/c1-4-8-18-15(5-2)12-11-14(3)17(18)10-7-6-9-16(20)13-19(21)22/h5,11-12,14,16-18,20H,4,6-10,13H2,1-3H3,(H,21,22)/b15-5-. The van der Waals surface area contributed by atoms with Gasteiger partial charge in [-0.15, -0.1) is 0 Å². The summed E-state index contributed by atoms with van der Waals surface area (Å²) in [7, 11) is 0. The number of carboxylic acids is 1. The SMILES string of the molecule is C/C=C1/C=CC(C)C(CCCCC(O)CC(=O)O)C1CCC. The van der Waals surface area contributed by atoms with Crippen LogP contribution in [0.5, 0.6) is 0 Å². The maximum absolute atomic E-state index is 10.5. The minimum absolute atomic E-state index is 0.135. The zero-order chi connectivity index (χ0) is 16.5. The van der Waals surface area contributed by atoms with Gasteiger partial charge in [-0.1, -0.05) is 51.3 Å². The minimum atomic E-state index is -0.917. The number of aliphatic hydroxyl groups excluding tert-OH is 1. The molecule has 2 N–H and O–H groups in total. The van der Waals surface area contributed by atoms with Gasteiger partial charge < -0.3 is 10.2 Å². The molecule has 0 amide bonds. The van der Waals surface area contributed by atoms with E-state index in [-0.39, 0.29) is 6.42 Å².